The zero-order valence-corrected chi connectivity index (χ0v) is 6.92. The number of benzene rings is 1. The molecule has 0 aliphatic heterocycles. The van der Waals surface area contributed by atoms with Gasteiger partial charge in [-0.1, -0.05) is 12.1 Å². The van der Waals surface area contributed by atoms with E-state index in [9.17, 15) is 9.50 Å². The lowest BCUT2D eigenvalue weighted by atomic mass is 9.96. The molecule has 0 amide bonds. The van der Waals surface area contributed by atoms with E-state index in [-0.39, 0.29) is 12.4 Å². The summed E-state index contributed by atoms with van der Waals surface area (Å²) in [4.78, 5) is 0. The van der Waals surface area contributed by atoms with E-state index in [1.54, 1.807) is 6.92 Å². The Morgan fingerprint density at radius 3 is 2.33 bits per heavy atom. The van der Waals surface area contributed by atoms with E-state index in [1.807, 2.05) is 0 Å². The third-order valence-electron chi connectivity index (χ3n) is 1.86. The molecule has 0 bridgehead atoms. The molecular formula is C9H12FNO. The molecule has 0 saturated heterocycles. The van der Waals surface area contributed by atoms with Crippen LogP contribution in [-0.2, 0) is 5.60 Å². The maximum Gasteiger partial charge on any atom is 0.123 e. The third kappa shape index (κ3) is 1.81. The van der Waals surface area contributed by atoms with Gasteiger partial charge in [0.05, 0.1) is 5.60 Å². The molecule has 1 rings (SSSR count). The number of aliphatic hydroxyl groups is 1. The van der Waals surface area contributed by atoms with Gasteiger partial charge in [0, 0.05) is 6.54 Å². The smallest absolute Gasteiger partial charge is 0.123 e. The first kappa shape index (κ1) is 9.16. The van der Waals surface area contributed by atoms with E-state index < -0.39 is 5.60 Å². The van der Waals surface area contributed by atoms with Gasteiger partial charge in [-0.05, 0) is 24.6 Å². The van der Waals surface area contributed by atoms with Crippen molar-refractivity contribution in [1.82, 2.24) is 0 Å². The van der Waals surface area contributed by atoms with Gasteiger partial charge in [0.1, 0.15) is 5.82 Å². The summed E-state index contributed by atoms with van der Waals surface area (Å²) >= 11 is 0. The van der Waals surface area contributed by atoms with Gasteiger partial charge in [-0.15, -0.1) is 0 Å². The maximum atomic E-state index is 12.5. The molecule has 0 aliphatic carbocycles. The zero-order chi connectivity index (χ0) is 9.19. The predicted molar refractivity (Wildman–Crippen MR) is 45.0 cm³/mol. The molecule has 0 radical (unpaired) electrons. The summed E-state index contributed by atoms with van der Waals surface area (Å²) in [5.74, 6) is -0.313. The van der Waals surface area contributed by atoms with Crippen molar-refractivity contribution < 1.29 is 9.50 Å². The van der Waals surface area contributed by atoms with Crippen molar-refractivity contribution in [3.63, 3.8) is 0 Å². The zero-order valence-electron chi connectivity index (χ0n) is 6.92. The Morgan fingerprint density at radius 1 is 1.42 bits per heavy atom. The predicted octanol–water partition coefficient (Wildman–Crippen LogP) is 0.992. The minimum atomic E-state index is -1.06. The average molecular weight is 169 g/mol. The Kier molecular flexibility index (Phi) is 2.45. The van der Waals surface area contributed by atoms with Crippen LogP contribution in [0.2, 0.25) is 0 Å². The minimum Gasteiger partial charge on any atom is -0.384 e. The van der Waals surface area contributed by atoms with Crippen molar-refractivity contribution in [3.8, 4) is 0 Å². The molecule has 1 aromatic rings. The van der Waals surface area contributed by atoms with Gasteiger partial charge in [0.25, 0.3) is 0 Å². The molecule has 1 atom stereocenters. The highest BCUT2D eigenvalue weighted by atomic mass is 19.1. The molecule has 0 aromatic heterocycles. The molecule has 2 nitrogen and oxygen atoms in total. The molecule has 0 saturated carbocycles. The lowest BCUT2D eigenvalue weighted by Gasteiger charge is -2.21. The molecule has 12 heavy (non-hydrogen) atoms. The van der Waals surface area contributed by atoms with Crippen LogP contribution in [0.4, 0.5) is 4.39 Å². The number of halogens is 1. The van der Waals surface area contributed by atoms with E-state index in [1.165, 1.54) is 24.3 Å². The van der Waals surface area contributed by atoms with Gasteiger partial charge in [0.15, 0.2) is 0 Å². The van der Waals surface area contributed by atoms with Gasteiger partial charge in [0.2, 0.25) is 0 Å². The van der Waals surface area contributed by atoms with Crippen molar-refractivity contribution in [2.45, 2.75) is 12.5 Å². The van der Waals surface area contributed by atoms with Crippen LogP contribution in [0.3, 0.4) is 0 Å². The van der Waals surface area contributed by atoms with Crippen LogP contribution in [0.5, 0.6) is 0 Å². The first-order valence-electron chi connectivity index (χ1n) is 3.75. The monoisotopic (exact) mass is 169 g/mol. The Labute approximate surface area is 70.8 Å². The van der Waals surface area contributed by atoms with E-state index in [0.717, 1.165) is 0 Å². The lowest BCUT2D eigenvalue weighted by Crippen LogP contribution is -2.31. The van der Waals surface area contributed by atoms with Crippen molar-refractivity contribution in [1.29, 1.82) is 0 Å². The van der Waals surface area contributed by atoms with E-state index in [2.05, 4.69) is 0 Å². The van der Waals surface area contributed by atoms with Crippen LogP contribution in [0.1, 0.15) is 12.5 Å². The molecule has 3 N–H and O–H groups in total. The Hall–Kier alpha value is -0.930. The summed E-state index contributed by atoms with van der Waals surface area (Å²) < 4.78 is 12.5. The van der Waals surface area contributed by atoms with Crippen LogP contribution in [0.15, 0.2) is 24.3 Å². The second-order valence-electron chi connectivity index (χ2n) is 2.98. The van der Waals surface area contributed by atoms with E-state index in [0.29, 0.717) is 5.56 Å². The molecule has 0 unspecified atom stereocenters. The molecule has 0 aliphatic rings. The van der Waals surface area contributed by atoms with Gasteiger partial charge in [-0.25, -0.2) is 4.39 Å². The van der Waals surface area contributed by atoms with Crippen molar-refractivity contribution in [3.05, 3.63) is 35.6 Å². The summed E-state index contributed by atoms with van der Waals surface area (Å²) in [5.41, 5.74) is 4.90. The Balaban J connectivity index is 2.96. The normalized spacial score (nSPS) is 15.7. The van der Waals surface area contributed by atoms with Crippen LogP contribution < -0.4 is 5.73 Å². The summed E-state index contributed by atoms with van der Waals surface area (Å²) in [6.45, 7) is 1.72. The fraction of sp³-hybridized carbons (Fsp3) is 0.333. The highest BCUT2D eigenvalue weighted by Gasteiger charge is 2.20. The van der Waals surface area contributed by atoms with Gasteiger partial charge in [-0.2, -0.15) is 0 Å². The van der Waals surface area contributed by atoms with Crippen molar-refractivity contribution in [2.75, 3.05) is 6.54 Å². The summed E-state index contributed by atoms with van der Waals surface area (Å²) in [6, 6.07) is 5.67. The number of rotatable bonds is 2. The van der Waals surface area contributed by atoms with Crippen molar-refractivity contribution >= 4 is 0 Å². The summed E-state index contributed by atoms with van der Waals surface area (Å²) in [7, 11) is 0. The topological polar surface area (TPSA) is 46.2 Å². The molecule has 1 aromatic carbocycles. The first-order valence-corrected chi connectivity index (χ1v) is 3.75. The van der Waals surface area contributed by atoms with Gasteiger partial charge < -0.3 is 10.8 Å². The molecule has 0 fully saturated rings. The number of hydrogen-bond acceptors (Lipinski definition) is 2. The second kappa shape index (κ2) is 3.21. The summed E-state index contributed by atoms with van der Waals surface area (Å²) in [6.07, 6.45) is 0. The van der Waals surface area contributed by atoms with Crippen LogP contribution in [0, 0.1) is 5.82 Å². The molecule has 3 heteroatoms. The molecule has 0 heterocycles. The van der Waals surface area contributed by atoms with Crippen LogP contribution in [-0.4, -0.2) is 11.7 Å². The molecule has 66 valence electrons. The largest absolute Gasteiger partial charge is 0.384 e. The van der Waals surface area contributed by atoms with Crippen LogP contribution in [0.25, 0.3) is 0 Å². The number of hydrogen-bond donors (Lipinski definition) is 2. The SMILES string of the molecule is C[C@@](O)(CN)c1ccc(F)cc1. The lowest BCUT2D eigenvalue weighted by molar-refractivity contribution is 0.0668. The summed E-state index contributed by atoms with van der Waals surface area (Å²) in [5, 5.41) is 9.64. The molecule has 0 spiro atoms. The highest BCUT2D eigenvalue weighted by Crippen LogP contribution is 2.18. The Bertz CT molecular complexity index is 256. The highest BCUT2D eigenvalue weighted by molar-refractivity contribution is 5.22. The van der Waals surface area contributed by atoms with Crippen LogP contribution >= 0.6 is 0 Å². The number of nitrogens with two attached hydrogens (primary N) is 1. The van der Waals surface area contributed by atoms with Gasteiger partial charge >= 0.3 is 0 Å². The van der Waals surface area contributed by atoms with E-state index in [4.69, 9.17) is 5.73 Å². The maximum absolute atomic E-state index is 12.5. The minimum absolute atomic E-state index is 0.124. The third-order valence-corrected chi connectivity index (χ3v) is 1.86. The standard InChI is InChI=1S/C9H12FNO/c1-9(12,6-11)7-2-4-8(10)5-3-7/h2-5,12H,6,11H2,1H3/t9-/m1/s1. The second-order valence-corrected chi connectivity index (χ2v) is 2.98. The fourth-order valence-electron chi connectivity index (χ4n) is 0.927. The van der Waals surface area contributed by atoms with Gasteiger partial charge in [-0.3, -0.25) is 0 Å². The fourth-order valence-corrected chi connectivity index (χ4v) is 0.927. The average Bonchev–Trinajstić information content (AvgIpc) is 2.05. The molecular weight excluding hydrogens is 157 g/mol. The van der Waals surface area contributed by atoms with Crippen molar-refractivity contribution in [2.24, 2.45) is 5.73 Å². The Morgan fingerprint density at radius 2 is 1.92 bits per heavy atom. The first-order chi connectivity index (χ1) is 5.56. The van der Waals surface area contributed by atoms with E-state index >= 15 is 0 Å². The quantitative estimate of drug-likeness (QED) is 0.693.